The fourth-order valence-corrected chi connectivity index (χ4v) is 1.71. The summed E-state index contributed by atoms with van der Waals surface area (Å²) in [7, 11) is 1.73. The highest BCUT2D eigenvalue weighted by molar-refractivity contribution is 6.33. The van der Waals surface area contributed by atoms with Gasteiger partial charge >= 0.3 is 0 Å². The number of nitrogens with zero attached hydrogens (tertiary/aromatic N) is 3. The molecule has 0 aliphatic rings. The largest absolute Gasteiger partial charge is 0.334 e. The van der Waals surface area contributed by atoms with Gasteiger partial charge in [-0.05, 0) is 13.1 Å². The minimum absolute atomic E-state index is 0.0394. The van der Waals surface area contributed by atoms with E-state index >= 15 is 0 Å². The minimum atomic E-state index is -0.539. The highest BCUT2D eigenvalue weighted by Gasteiger charge is 2.23. The van der Waals surface area contributed by atoms with Crippen molar-refractivity contribution in [3.8, 4) is 11.5 Å². The fourth-order valence-electron chi connectivity index (χ4n) is 1.46. The molecule has 0 aliphatic heterocycles. The van der Waals surface area contributed by atoms with E-state index in [-0.39, 0.29) is 22.2 Å². The number of benzene rings is 1. The molecule has 0 radical (unpaired) electrons. The van der Waals surface area contributed by atoms with Crippen LogP contribution in [0.15, 0.2) is 22.7 Å². The third-order valence-electron chi connectivity index (χ3n) is 2.21. The van der Waals surface area contributed by atoms with E-state index in [2.05, 4.69) is 15.5 Å². The summed E-state index contributed by atoms with van der Waals surface area (Å²) in [6.07, 6.45) is 0. The van der Waals surface area contributed by atoms with Crippen molar-refractivity contribution in [3.05, 3.63) is 39.2 Å². The smallest absolute Gasteiger partial charge is 0.283 e. The highest BCUT2D eigenvalue weighted by Crippen LogP contribution is 2.34. The predicted octanol–water partition coefficient (Wildman–Crippen LogP) is 2.02. The van der Waals surface area contributed by atoms with Gasteiger partial charge in [0.05, 0.1) is 16.5 Å². The maximum absolute atomic E-state index is 10.9. The second-order valence-corrected chi connectivity index (χ2v) is 3.84. The summed E-state index contributed by atoms with van der Waals surface area (Å²) in [6.45, 7) is 0.405. The van der Waals surface area contributed by atoms with Crippen LogP contribution in [0.1, 0.15) is 5.82 Å². The molecule has 0 amide bonds. The molecular weight excluding hydrogens is 260 g/mol. The molecule has 7 nitrogen and oxygen atoms in total. The molecule has 94 valence electrons. The van der Waals surface area contributed by atoms with E-state index in [1.165, 1.54) is 18.2 Å². The maximum Gasteiger partial charge on any atom is 0.283 e. The molecule has 0 unspecified atom stereocenters. The van der Waals surface area contributed by atoms with Crippen LogP contribution in [-0.4, -0.2) is 22.1 Å². The molecule has 1 aromatic carbocycles. The topological polar surface area (TPSA) is 94.1 Å². The van der Waals surface area contributed by atoms with Gasteiger partial charge in [-0.1, -0.05) is 22.8 Å². The first-order valence-corrected chi connectivity index (χ1v) is 5.41. The number of nitrogens with one attached hydrogen (secondary N) is 1. The SMILES string of the molecule is CNCc1noc(-c2c(Cl)cccc2[N+](=O)[O-])n1. The third-order valence-corrected chi connectivity index (χ3v) is 2.52. The maximum atomic E-state index is 10.9. The summed E-state index contributed by atoms with van der Waals surface area (Å²) in [6, 6.07) is 4.36. The van der Waals surface area contributed by atoms with Gasteiger partial charge in [-0.3, -0.25) is 10.1 Å². The van der Waals surface area contributed by atoms with E-state index in [0.29, 0.717) is 12.4 Å². The van der Waals surface area contributed by atoms with Crippen LogP contribution < -0.4 is 5.32 Å². The molecule has 2 rings (SSSR count). The molecule has 0 aliphatic carbocycles. The monoisotopic (exact) mass is 268 g/mol. The molecule has 0 atom stereocenters. The zero-order valence-electron chi connectivity index (χ0n) is 9.38. The summed E-state index contributed by atoms with van der Waals surface area (Å²) >= 11 is 5.95. The lowest BCUT2D eigenvalue weighted by Crippen LogP contribution is -2.06. The van der Waals surface area contributed by atoms with Gasteiger partial charge in [0, 0.05) is 6.07 Å². The molecule has 1 heterocycles. The molecule has 8 heteroatoms. The standard InChI is InChI=1S/C10H9ClN4O3/c1-12-5-8-13-10(18-14-8)9-6(11)3-2-4-7(9)15(16)17/h2-4,12H,5H2,1H3. The lowest BCUT2D eigenvalue weighted by molar-refractivity contribution is -0.384. The summed E-state index contributed by atoms with van der Waals surface area (Å²) in [5.41, 5.74) is -0.0267. The van der Waals surface area contributed by atoms with Crippen molar-refractivity contribution in [1.29, 1.82) is 0 Å². The number of halogens is 1. The molecule has 2 aromatic rings. The van der Waals surface area contributed by atoms with Gasteiger partial charge in [0.15, 0.2) is 5.82 Å². The van der Waals surface area contributed by atoms with Crippen LogP contribution in [0.4, 0.5) is 5.69 Å². The Balaban J connectivity index is 2.51. The van der Waals surface area contributed by atoms with E-state index in [1.807, 2.05) is 0 Å². The second kappa shape index (κ2) is 5.11. The van der Waals surface area contributed by atoms with Crippen LogP contribution in [0.25, 0.3) is 11.5 Å². The van der Waals surface area contributed by atoms with E-state index in [9.17, 15) is 10.1 Å². The van der Waals surface area contributed by atoms with Gasteiger partial charge in [0.2, 0.25) is 0 Å². The van der Waals surface area contributed by atoms with E-state index in [1.54, 1.807) is 7.05 Å². The molecule has 0 bridgehead atoms. The quantitative estimate of drug-likeness (QED) is 0.673. The number of aromatic nitrogens is 2. The summed E-state index contributed by atoms with van der Waals surface area (Å²) in [5.74, 6) is 0.444. The lowest BCUT2D eigenvalue weighted by Gasteiger charge is -1.99. The Kier molecular flexibility index (Phi) is 3.54. The number of nitro benzene ring substituents is 1. The zero-order valence-corrected chi connectivity index (χ0v) is 10.1. The molecule has 0 saturated carbocycles. The second-order valence-electron chi connectivity index (χ2n) is 3.44. The van der Waals surface area contributed by atoms with Crippen molar-refractivity contribution in [2.75, 3.05) is 7.05 Å². The van der Waals surface area contributed by atoms with Crippen molar-refractivity contribution in [2.24, 2.45) is 0 Å². The van der Waals surface area contributed by atoms with Crippen molar-refractivity contribution < 1.29 is 9.45 Å². The van der Waals surface area contributed by atoms with Gasteiger partial charge < -0.3 is 9.84 Å². The summed E-state index contributed by atoms with van der Waals surface area (Å²) < 4.78 is 4.98. The number of rotatable bonds is 4. The first-order chi connectivity index (χ1) is 8.63. The zero-order chi connectivity index (χ0) is 13.1. The van der Waals surface area contributed by atoms with Gasteiger partial charge in [0.1, 0.15) is 5.56 Å². The van der Waals surface area contributed by atoms with Crippen molar-refractivity contribution in [2.45, 2.75) is 6.54 Å². The average molecular weight is 269 g/mol. The summed E-state index contributed by atoms with van der Waals surface area (Å²) in [4.78, 5) is 14.4. The molecular formula is C10H9ClN4O3. The van der Waals surface area contributed by atoms with E-state index in [0.717, 1.165) is 0 Å². The molecule has 0 fully saturated rings. The normalized spacial score (nSPS) is 10.6. The van der Waals surface area contributed by atoms with Crippen LogP contribution >= 0.6 is 11.6 Å². The van der Waals surface area contributed by atoms with Gasteiger partial charge in [0.25, 0.3) is 11.6 Å². The third kappa shape index (κ3) is 2.31. The van der Waals surface area contributed by atoms with Gasteiger partial charge in [-0.25, -0.2) is 0 Å². The average Bonchev–Trinajstić information content (AvgIpc) is 2.77. The van der Waals surface area contributed by atoms with Crippen LogP contribution in [0.3, 0.4) is 0 Å². The lowest BCUT2D eigenvalue weighted by atomic mass is 10.2. The number of nitro groups is 1. The first kappa shape index (κ1) is 12.5. The molecule has 0 saturated heterocycles. The van der Waals surface area contributed by atoms with Crippen LogP contribution in [0.2, 0.25) is 5.02 Å². The van der Waals surface area contributed by atoms with Gasteiger partial charge in [-0.2, -0.15) is 4.98 Å². The number of hydrogen-bond acceptors (Lipinski definition) is 6. The number of hydrogen-bond donors (Lipinski definition) is 1. The van der Waals surface area contributed by atoms with Gasteiger partial charge in [-0.15, -0.1) is 0 Å². The predicted molar refractivity (Wildman–Crippen MR) is 64.2 cm³/mol. The Bertz CT molecular complexity index is 584. The molecule has 18 heavy (non-hydrogen) atoms. The Morgan fingerprint density at radius 3 is 3.00 bits per heavy atom. The van der Waals surface area contributed by atoms with E-state index < -0.39 is 4.92 Å². The van der Waals surface area contributed by atoms with Crippen LogP contribution in [0, 0.1) is 10.1 Å². The molecule has 1 N–H and O–H groups in total. The summed E-state index contributed by atoms with van der Waals surface area (Å²) in [5, 5.41) is 17.7. The van der Waals surface area contributed by atoms with Crippen molar-refractivity contribution in [1.82, 2.24) is 15.5 Å². The van der Waals surface area contributed by atoms with E-state index in [4.69, 9.17) is 16.1 Å². The van der Waals surface area contributed by atoms with Crippen molar-refractivity contribution in [3.63, 3.8) is 0 Å². The minimum Gasteiger partial charge on any atom is -0.334 e. The van der Waals surface area contributed by atoms with Crippen LogP contribution in [-0.2, 0) is 6.54 Å². The molecule has 1 aromatic heterocycles. The van der Waals surface area contributed by atoms with Crippen LogP contribution in [0.5, 0.6) is 0 Å². The highest BCUT2D eigenvalue weighted by atomic mass is 35.5. The Labute approximate surface area is 107 Å². The Hall–Kier alpha value is -1.99. The van der Waals surface area contributed by atoms with Crippen molar-refractivity contribution >= 4 is 17.3 Å². The Morgan fingerprint density at radius 1 is 1.56 bits per heavy atom. The fraction of sp³-hybridized carbons (Fsp3) is 0.200. The Morgan fingerprint density at radius 2 is 2.33 bits per heavy atom. The molecule has 0 spiro atoms. The first-order valence-electron chi connectivity index (χ1n) is 5.04.